The number of nitrogens with two attached hydrogens (primary N) is 1. The van der Waals surface area contributed by atoms with Crippen LogP contribution in [0, 0.1) is 0 Å². The fourth-order valence-electron chi connectivity index (χ4n) is 3.31. The molecular weight excluding hydrogens is 365 g/mol. The molecule has 27 heavy (non-hydrogen) atoms. The van der Waals surface area contributed by atoms with Gasteiger partial charge in [-0.2, -0.15) is 13.2 Å². The molecule has 146 valence electrons. The highest BCUT2D eigenvalue weighted by Gasteiger charge is 2.40. The molecule has 0 bridgehead atoms. The van der Waals surface area contributed by atoms with Gasteiger partial charge in [0.25, 0.3) is 5.91 Å². The molecule has 3 amide bonds. The molecule has 0 saturated carbocycles. The summed E-state index contributed by atoms with van der Waals surface area (Å²) in [5, 5.41) is 4.58. The van der Waals surface area contributed by atoms with Crippen molar-refractivity contribution in [1.29, 1.82) is 0 Å². The molecule has 2 unspecified atom stereocenters. The molecule has 0 aliphatic carbocycles. The van der Waals surface area contributed by atoms with Crippen molar-refractivity contribution in [2.24, 2.45) is 5.73 Å². The Kier molecular flexibility index (Phi) is 5.20. The van der Waals surface area contributed by atoms with Crippen LogP contribution >= 0.6 is 0 Å². The molecule has 2 atom stereocenters. The highest BCUT2D eigenvalue weighted by Crippen LogP contribution is 2.28. The summed E-state index contributed by atoms with van der Waals surface area (Å²) >= 11 is 0. The van der Waals surface area contributed by atoms with Gasteiger partial charge in [0.2, 0.25) is 11.8 Å². The first-order valence-corrected chi connectivity index (χ1v) is 8.47. The van der Waals surface area contributed by atoms with Gasteiger partial charge in [0.15, 0.2) is 0 Å². The number of imide groups is 1. The smallest absolute Gasteiger partial charge is 0.329 e. The molecule has 0 spiro atoms. The monoisotopic (exact) mass is 384 g/mol. The van der Waals surface area contributed by atoms with E-state index in [1.165, 1.54) is 4.90 Å². The highest BCUT2D eigenvalue weighted by molar-refractivity contribution is 6.05. The number of hydrogen-bond acceptors (Lipinski definition) is 5. The Morgan fingerprint density at radius 2 is 2.04 bits per heavy atom. The van der Waals surface area contributed by atoms with Gasteiger partial charge in [-0.3, -0.25) is 19.7 Å². The first-order valence-electron chi connectivity index (χ1n) is 8.47. The van der Waals surface area contributed by atoms with Gasteiger partial charge in [0.1, 0.15) is 12.1 Å². The fraction of sp³-hybridized carbons (Fsp3) is 0.471. The van der Waals surface area contributed by atoms with Crippen LogP contribution in [0.25, 0.3) is 0 Å². The lowest BCUT2D eigenvalue weighted by Crippen LogP contribution is -2.52. The number of nitrogens with one attached hydrogen (secondary N) is 2. The lowest BCUT2D eigenvalue weighted by Gasteiger charge is -2.29. The van der Waals surface area contributed by atoms with Crippen molar-refractivity contribution < 1.29 is 27.6 Å². The number of hydrogen-bond donors (Lipinski definition) is 3. The number of carbonyl (C=O) groups is 3. The van der Waals surface area contributed by atoms with Gasteiger partial charge in [-0.1, -0.05) is 12.1 Å². The van der Waals surface area contributed by atoms with Gasteiger partial charge in [0.05, 0.1) is 0 Å². The zero-order valence-electron chi connectivity index (χ0n) is 14.3. The van der Waals surface area contributed by atoms with Gasteiger partial charge in [-0.05, 0) is 23.6 Å². The first-order chi connectivity index (χ1) is 12.7. The number of halogens is 3. The Labute approximate surface area is 153 Å². The van der Waals surface area contributed by atoms with E-state index >= 15 is 0 Å². The molecule has 2 heterocycles. The van der Waals surface area contributed by atoms with Gasteiger partial charge >= 0.3 is 6.18 Å². The van der Waals surface area contributed by atoms with Crippen LogP contribution in [0.3, 0.4) is 0 Å². The SMILES string of the molecule is NCC(NCc1ccc2c(c1)CN(C1CCC(=O)NC1=O)C2=O)C(F)(F)F. The molecule has 7 nitrogen and oxygen atoms in total. The van der Waals surface area contributed by atoms with E-state index in [1.54, 1.807) is 18.2 Å². The lowest BCUT2D eigenvalue weighted by atomic mass is 10.0. The van der Waals surface area contributed by atoms with E-state index in [1.807, 2.05) is 0 Å². The number of benzene rings is 1. The van der Waals surface area contributed by atoms with Crippen molar-refractivity contribution in [1.82, 2.24) is 15.5 Å². The Morgan fingerprint density at radius 3 is 2.67 bits per heavy atom. The van der Waals surface area contributed by atoms with Crippen molar-refractivity contribution in [3.8, 4) is 0 Å². The predicted molar refractivity (Wildman–Crippen MR) is 88.2 cm³/mol. The third kappa shape index (κ3) is 3.96. The molecule has 2 aliphatic rings. The third-order valence-corrected chi connectivity index (χ3v) is 4.77. The number of nitrogens with zero attached hydrogens (tertiary/aromatic N) is 1. The summed E-state index contributed by atoms with van der Waals surface area (Å²) in [6.07, 6.45) is -4.03. The number of amides is 3. The summed E-state index contributed by atoms with van der Waals surface area (Å²) in [7, 11) is 0. The van der Waals surface area contributed by atoms with E-state index < -0.39 is 30.7 Å². The normalized spacial score (nSPS) is 21.3. The molecule has 1 saturated heterocycles. The third-order valence-electron chi connectivity index (χ3n) is 4.77. The van der Waals surface area contributed by atoms with Crippen molar-refractivity contribution in [2.75, 3.05) is 6.54 Å². The standard InChI is InChI=1S/C17H19F3N4O3/c18-17(19,20)13(6-21)22-7-9-1-2-11-10(5-9)8-24(16(11)27)12-3-4-14(25)23-15(12)26/h1-2,5,12-13,22H,3-4,6-8,21H2,(H,23,25,26). The van der Waals surface area contributed by atoms with Gasteiger partial charge in [-0.15, -0.1) is 0 Å². The number of alkyl halides is 3. The molecule has 1 fully saturated rings. The molecule has 2 aliphatic heterocycles. The number of carbonyl (C=O) groups excluding carboxylic acids is 3. The molecule has 0 radical (unpaired) electrons. The van der Waals surface area contributed by atoms with Crippen molar-refractivity contribution in [2.45, 2.75) is 44.2 Å². The molecule has 0 aromatic heterocycles. The first kappa shape index (κ1) is 19.3. The molecule has 1 aromatic carbocycles. The van der Waals surface area contributed by atoms with Gasteiger partial charge in [-0.25, -0.2) is 0 Å². The van der Waals surface area contributed by atoms with Crippen LogP contribution in [0.15, 0.2) is 18.2 Å². The molecular formula is C17H19F3N4O3. The number of rotatable bonds is 5. The maximum absolute atomic E-state index is 12.8. The highest BCUT2D eigenvalue weighted by atomic mass is 19.4. The van der Waals surface area contributed by atoms with Crippen LogP contribution < -0.4 is 16.4 Å². The Balaban J connectivity index is 1.70. The van der Waals surface area contributed by atoms with E-state index in [2.05, 4.69) is 10.6 Å². The minimum atomic E-state index is -4.44. The zero-order valence-corrected chi connectivity index (χ0v) is 14.3. The average molecular weight is 384 g/mol. The summed E-state index contributed by atoms with van der Waals surface area (Å²) in [5.74, 6) is -1.20. The summed E-state index contributed by atoms with van der Waals surface area (Å²) < 4.78 is 38.3. The maximum Gasteiger partial charge on any atom is 0.405 e. The van der Waals surface area contributed by atoms with Gasteiger partial charge < -0.3 is 16.0 Å². The number of fused-ring (bicyclic) bond motifs is 1. The van der Waals surface area contributed by atoms with Gasteiger partial charge in [0, 0.05) is 31.6 Å². The van der Waals surface area contributed by atoms with Crippen molar-refractivity contribution in [3.05, 3.63) is 34.9 Å². The largest absolute Gasteiger partial charge is 0.405 e. The van der Waals surface area contributed by atoms with Crippen LogP contribution in [0.2, 0.25) is 0 Å². The minimum Gasteiger partial charge on any atom is -0.329 e. The molecule has 1 aromatic rings. The second-order valence-corrected chi connectivity index (χ2v) is 6.60. The van der Waals surface area contributed by atoms with Crippen LogP contribution in [0.5, 0.6) is 0 Å². The van der Waals surface area contributed by atoms with Crippen LogP contribution in [0.4, 0.5) is 13.2 Å². The molecule has 3 rings (SSSR count). The van der Waals surface area contributed by atoms with Crippen LogP contribution in [0.1, 0.15) is 34.3 Å². The van der Waals surface area contributed by atoms with E-state index in [0.717, 1.165) is 0 Å². The topological polar surface area (TPSA) is 105 Å². The van der Waals surface area contributed by atoms with E-state index in [-0.39, 0.29) is 37.7 Å². The second kappa shape index (κ2) is 7.28. The Bertz CT molecular complexity index is 781. The average Bonchev–Trinajstić information content (AvgIpc) is 2.90. The quantitative estimate of drug-likeness (QED) is 0.639. The second-order valence-electron chi connectivity index (χ2n) is 6.60. The molecule has 10 heteroatoms. The summed E-state index contributed by atoms with van der Waals surface area (Å²) in [4.78, 5) is 37.2. The van der Waals surface area contributed by atoms with E-state index in [9.17, 15) is 27.6 Å². The van der Waals surface area contributed by atoms with E-state index in [0.29, 0.717) is 16.7 Å². The lowest BCUT2D eigenvalue weighted by molar-refractivity contribution is -0.153. The summed E-state index contributed by atoms with van der Waals surface area (Å²) in [6, 6.07) is 2.23. The van der Waals surface area contributed by atoms with E-state index in [4.69, 9.17) is 5.73 Å². The molecule has 4 N–H and O–H groups in total. The number of piperidine rings is 1. The summed E-state index contributed by atoms with van der Waals surface area (Å²) in [6.45, 7) is -0.453. The minimum absolute atomic E-state index is 0.0543. The maximum atomic E-state index is 12.8. The van der Waals surface area contributed by atoms with Crippen molar-refractivity contribution in [3.63, 3.8) is 0 Å². The summed E-state index contributed by atoms with van der Waals surface area (Å²) in [5.41, 5.74) is 6.79. The van der Waals surface area contributed by atoms with Crippen molar-refractivity contribution >= 4 is 17.7 Å². The Morgan fingerprint density at radius 1 is 1.30 bits per heavy atom. The fourth-order valence-corrected chi connectivity index (χ4v) is 3.31. The predicted octanol–water partition coefficient (Wildman–Crippen LogP) is 0.427. The Hall–Kier alpha value is -2.46. The van der Waals surface area contributed by atoms with Crippen LogP contribution in [-0.4, -0.2) is 47.4 Å². The van der Waals surface area contributed by atoms with Crippen LogP contribution in [-0.2, 0) is 22.7 Å². The zero-order chi connectivity index (χ0) is 19.8.